The Hall–Kier alpha value is -3.02. The SMILES string of the molecule is COc1cccc(C(=O)O[C@@H](C)C(=O)Nc2ccc(C(C)C)cc2)c1OC. The van der Waals surface area contributed by atoms with Crippen molar-refractivity contribution in [2.24, 2.45) is 0 Å². The molecular formula is C21H25NO5. The second-order valence-corrected chi connectivity index (χ2v) is 6.35. The van der Waals surface area contributed by atoms with Gasteiger partial charge in [-0.3, -0.25) is 4.79 Å². The third kappa shape index (κ3) is 5.00. The number of esters is 1. The van der Waals surface area contributed by atoms with Gasteiger partial charge >= 0.3 is 5.97 Å². The first kappa shape index (κ1) is 20.3. The molecule has 144 valence electrons. The topological polar surface area (TPSA) is 73.9 Å². The van der Waals surface area contributed by atoms with Gasteiger partial charge in [-0.15, -0.1) is 0 Å². The number of ether oxygens (including phenoxy) is 3. The molecule has 1 amide bonds. The molecular weight excluding hydrogens is 346 g/mol. The lowest BCUT2D eigenvalue weighted by atomic mass is 10.0. The van der Waals surface area contributed by atoms with E-state index in [2.05, 4.69) is 19.2 Å². The summed E-state index contributed by atoms with van der Waals surface area (Å²) in [5, 5.41) is 2.74. The van der Waals surface area contributed by atoms with Crippen molar-refractivity contribution in [2.45, 2.75) is 32.8 Å². The summed E-state index contributed by atoms with van der Waals surface area (Å²) < 4.78 is 15.7. The van der Waals surface area contributed by atoms with Crippen LogP contribution in [-0.4, -0.2) is 32.2 Å². The van der Waals surface area contributed by atoms with Crippen LogP contribution in [0, 0.1) is 0 Å². The zero-order valence-corrected chi connectivity index (χ0v) is 16.2. The molecule has 2 aromatic rings. The van der Waals surface area contributed by atoms with E-state index in [0.29, 0.717) is 17.4 Å². The van der Waals surface area contributed by atoms with Gasteiger partial charge in [-0.1, -0.05) is 32.0 Å². The Balaban J connectivity index is 2.04. The summed E-state index contributed by atoms with van der Waals surface area (Å²) in [6.45, 7) is 5.71. The molecule has 0 bridgehead atoms. The van der Waals surface area contributed by atoms with Gasteiger partial charge in [0.15, 0.2) is 17.6 Å². The molecule has 27 heavy (non-hydrogen) atoms. The quantitative estimate of drug-likeness (QED) is 0.745. The highest BCUT2D eigenvalue weighted by Crippen LogP contribution is 2.31. The summed E-state index contributed by atoms with van der Waals surface area (Å²) in [6.07, 6.45) is -0.974. The molecule has 1 atom stereocenters. The normalized spacial score (nSPS) is 11.6. The molecule has 0 radical (unpaired) electrons. The van der Waals surface area contributed by atoms with Crippen molar-refractivity contribution in [3.05, 3.63) is 53.6 Å². The molecule has 6 heteroatoms. The number of benzene rings is 2. The number of methoxy groups -OCH3 is 2. The van der Waals surface area contributed by atoms with Gasteiger partial charge in [0.25, 0.3) is 5.91 Å². The number of carbonyl (C=O) groups is 2. The summed E-state index contributed by atoms with van der Waals surface area (Å²) in [5.74, 6) is 0.00900. The summed E-state index contributed by atoms with van der Waals surface area (Å²) in [4.78, 5) is 24.8. The van der Waals surface area contributed by atoms with Gasteiger partial charge in [-0.05, 0) is 42.7 Å². The Morgan fingerprint density at radius 3 is 2.15 bits per heavy atom. The summed E-state index contributed by atoms with van der Waals surface area (Å²) in [5.41, 5.74) is 2.02. The van der Waals surface area contributed by atoms with E-state index < -0.39 is 18.0 Å². The molecule has 0 saturated heterocycles. The maximum atomic E-state index is 12.4. The average Bonchev–Trinajstić information content (AvgIpc) is 2.67. The lowest BCUT2D eigenvalue weighted by Gasteiger charge is -2.16. The van der Waals surface area contributed by atoms with Crippen LogP contribution >= 0.6 is 0 Å². The molecule has 1 N–H and O–H groups in total. The maximum absolute atomic E-state index is 12.4. The van der Waals surface area contributed by atoms with Crippen LogP contribution in [-0.2, 0) is 9.53 Å². The fourth-order valence-corrected chi connectivity index (χ4v) is 2.52. The molecule has 0 aliphatic rings. The van der Waals surface area contributed by atoms with Crippen molar-refractivity contribution >= 4 is 17.6 Å². The molecule has 2 rings (SSSR count). The Kier molecular flexibility index (Phi) is 6.82. The number of amides is 1. The average molecular weight is 371 g/mol. The number of para-hydroxylation sites is 1. The number of nitrogens with one attached hydrogen (secondary N) is 1. The van der Waals surface area contributed by atoms with E-state index in [1.165, 1.54) is 26.7 Å². The molecule has 0 fully saturated rings. The summed E-state index contributed by atoms with van der Waals surface area (Å²) in [6, 6.07) is 12.4. The van der Waals surface area contributed by atoms with Crippen molar-refractivity contribution in [2.75, 3.05) is 19.5 Å². The van der Waals surface area contributed by atoms with Gasteiger partial charge in [0.05, 0.1) is 14.2 Å². The highest BCUT2D eigenvalue weighted by molar-refractivity contribution is 5.98. The summed E-state index contributed by atoms with van der Waals surface area (Å²) >= 11 is 0. The van der Waals surface area contributed by atoms with E-state index >= 15 is 0 Å². The summed E-state index contributed by atoms with van der Waals surface area (Å²) in [7, 11) is 2.92. The first-order valence-electron chi connectivity index (χ1n) is 8.70. The highest BCUT2D eigenvalue weighted by atomic mass is 16.6. The van der Waals surface area contributed by atoms with Crippen LogP contribution in [0.15, 0.2) is 42.5 Å². The van der Waals surface area contributed by atoms with Crippen LogP contribution in [0.1, 0.15) is 42.6 Å². The minimum absolute atomic E-state index is 0.192. The molecule has 0 aliphatic heterocycles. The van der Waals surface area contributed by atoms with Gasteiger partial charge in [0, 0.05) is 5.69 Å². The lowest BCUT2D eigenvalue weighted by molar-refractivity contribution is -0.123. The second kappa shape index (κ2) is 9.07. The third-order valence-corrected chi connectivity index (χ3v) is 4.12. The smallest absolute Gasteiger partial charge is 0.342 e. The van der Waals surface area contributed by atoms with Crippen LogP contribution in [0.4, 0.5) is 5.69 Å². The predicted octanol–water partition coefficient (Wildman–Crippen LogP) is 4.01. The van der Waals surface area contributed by atoms with E-state index in [4.69, 9.17) is 14.2 Å². The van der Waals surface area contributed by atoms with E-state index in [0.717, 1.165) is 0 Å². The minimum atomic E-state index is -0.974. The predicted molar refractivity (Wildman–Crippen MR) is 104 cm³/mol. The molecule has 0 aromatic heterocycles. The third-order valence-electron chi connectivity index (χ3n) is 4.12. The van der Waals surface area contributed by atoms with Crippen molar-refractivity contribution in [3.8, 4) is 11.5 Å². The fourth-order valence-electron chi connectivity index (χ4n) is 2.52. The highest BCUT2D eigenvalue weighted by Gasteiger charge is 2.23. The zero-order chi connectivity index (χ0) is 20.0. The zero-order valence-electron chi connectivity index (χ0n) is 16.2. The first-order valence-corrected chi connectivity index (χ1v) is 8.70. The fraction of sp³-hybridized carbons (Fsp3) is 0.333. The van der Waals surface area contributed by atoms with E-state index in [9.17, 15) is 9.59 Å². The van der Waals surface area contributed by atoms with Gasteiger partial charge < -0.3 is 19.5 Å². The van der Waals surface area contributed by atoms with Crippen LogP contribution in [0.3, 0.4) is 0 Å². The lowest BCUT2D eigenvalue weighted by Crippen LogP contribution is -2.30. The van der Waals surface area contributed by atoms with Crippen LogP contribution < -0.4 is 14.8 Å². The van der Waals surface area contributed by atoms with Crippen molar-refractivity contribution < 1.29 is 23.8 Å². The van der Waals surface area contributed by atoms with E-state index in [1.807, 2.05) is 24.3 Å². The molecule has 6 nitrogen and oxygen atoms in total. The van der Waals surface area contributed by atoms with Crippen LogP contribution in [0.2, 0.25) is 0 Å². The molecule has 0 saturated carbocycles. The molecule has 0 unspecified atom stereocenters. The van der Waals surface area contributed by atoms with Gasteiger partial charge in [0.2, 0.25) is 0 Å². The van der Waals surface area contributed by atoms with Crippen molar-refractivity contribution in [1.29, 1.82) is 0 Å². The second-order valence-electron chi connectivity index (χ2n) is 6.35. The van der Waals surface area contributed by atoms with E-state index in [1.54, 1.807) is 18.2 Å². The number of hydrogen-bond donors (Lipinski definition) is 1. The molecule has 0 aliphatic carbocycles. The largest absolute Gasteiger partial charge is 0.493 e. The number of anilines is 1. The Morgan fingerprint density at radius 1 is 0.926 bits per heavy atom. The maximum Gasteiger partial charge on any atom is 0.342 e. The molecule has 0 spiro atoms. The molecule has 0 heterocycles. The minimum Gasteiger partial charge on any atom is -0.493 e. The molecule has 2 aromatic carbocycles. The van der Waals surface area contributed by atoms with Gasteiger partial charge in [0.1, 0.15) is 5.56 Å². The van der Waals surface area contributed by atoms with Crippen molar-refractivity contribution in [1.82, 2.24) is 0 Å². The van der Waals surface area contributed by atoms with Crippen LogP contribution in [0.25, 0.3) is 0 Å². The Bertz CT molecular complexity index is 799. The number of carbonyl (C=O) groups excluding carboxylic acids is 2. The number of hydrogen-bond acceptors (Lipinski definition) is 5. The standard InChI is InChI=1S/C21H25NO5/c1-13(2)15-9-11-16(12-10-15)22-20(23)14(3)27-21(24)17-7-6-8-18(25-4)19(17)26-5/h6-14H,1-5H3,(H,22,23)/t14-/m0/s1. The first-order chi connectivity index (χ1) is 12.9. The van der Waals surface area contributed by atoms with E-state index in [-0.39, 0.29) is 11.3 Å². The Morgan fingerprint density at radius 2 is 1.59 bits per heavy atom. The van der Waals surface area contributed by atoms with Crippen molar-refractivity contribution in [3.63, 3.8) is 0 Å². The number of rotatable bonds is 7. The monoisotopic (exact) mass is 371 g/mol. The van der Waals surface area contributed by atoms with Gasteiger partial charge in [-0.2, -0.15) is 0 Å². The van der Waals surface area contributed by atoms with Crippen LogP contribution in [0.5, 0.6) is 11.5 Å². The van der Waals surface area contributed by atoms with Gasteiger partial charge in [-0.25, -0.2) is 4.79 Å². The Labute approximate surface area is 159 Å².